The maximum Gasteiger partial charge on any atom is 0.248 e. The van der Waals surface area contributed by atoms with Gasteiger partial charge in [0, 0.05) is 28.8 Å². The number of amides is 1. The molecule has 1 saturated carbocycles. The van der Waals surface area contributed by atoms with Gasteiger partial charge >= 0.3 is 0 Å². The van der Waals surface area contributed by atoms with Crippen LogP contribution >= 0.6 is 0 Å². The van der Waals surface area contributed by atoms with Gasteiger partial charge in [-0.2, -0.15) is 5.10 Å². The van der Waals surface area contributed by atoms with Gasteiger partial charge in [0.25, 0.3) is 0 Å². The molecule has 2 N–H and O–H groups in total. The number of nitrogens with zero attached hydrogens (tertiary/aromatic N) is 2. The molecule has 27 heavy (non-hydrogen) atoms. The fourth-order valence-corrected chi connectivity index (χ4v) is 2.69. The zero-order valence-corrected chi connectivity index (χ0v) is 14.2. The summed E-state index contributed by atoms with van der Waals surface area (Å²) in [6.45, 7) is 0. The lowest BCUT2D eigenvalue weighted by Gasteiger charge is -2.04. The third kappa shape index (κ3) is 3.92. The molecule has 1 amide bonds. The molecule has 3 aromatic rings. The number of rotatable bonds is 5. The molecule has 1 aliphatic carbocycles. The topological polar surface area (TPSA) is 70.7 Å². The fraction of sp³-hybridized carbons (Fsp3) is 0.150. The molecule has 1 fully saturated rings. The van der Waals surface area contributed by atoms with Crippen molar-refractivity contribution in [3.63, 3.8) is 0 Å². The number of carbonyl (C=O) groups excluding carboxylic acids is 1. The Morgan fingerprint density at radius 1 is 1.15 bits per heavy atom. The number of hydrogen-bond acceptors (Lipinski definition) is 3. The van der Waals surface area contributed by atoms with Crippen LogP contribution in [0.25, 0.3) is 17.5 Å². The average Bonchev–Trinajstić information content (AvgIpc) is 3.38. The Hall–Kier alpha value is -3.35. The predicted octanol–water partition coefficient (Wildman–Crippen LogP) is 4.28. The number of halogens is 2. The molecule has 0 aliphatic heterocycles. The highest BCUT2D eigenvalue weighted by Crippen LogP contribution is 2.38. The lowest BCUT2D eigenvalue weighted by atomic mass is 10.1. The van der Waals surface area contributed by atoms with Crippen molar-refractivity contribution in [1.82, 2.24) is 15.2 Å². The average molecular weight is 366 g/mol. The van der Waals surface area contributed by atoms with E-state index in [1.165, 1.54) is 6.07 Å². The van der Waals surface area contributed by atoms with E-state index in [1.807, 2.05) is 6.07 Å². The van der Waals surface area contributed by atoms with Gasteiger partial charge in [-0.25, -0.2) is 13.8 Å². The molecule has 0 radical (unpaired) electrons. The number of nitrogens with one attached hydrogen (secondary N) is 2. The smallest absolute Gasteiger partial charge is 0.248 e. The Kier molecular flexibility index (Phi) is 4.50. The van der Waals surface area contributed by atoms with Crippen LogP contribution in [0.1, 0.15) is 30.1 Å². The molecule has 1 heterocycles. The van der Waals surface area contributed by atoms with Gasteiger partial charge in [0.2, 0.25) is 5.91 Å². The standard InChI is InChI=1S/C20H16F2N4O/c21-16-5-2-6-17(22)15(16)9-10-18(27)23-14-4-1-3-13(11-14)20-24-19(25-26-20)12-7-8-12/h1-6,9-12H,7-8H2,(H,23,27)(H,24,25,26)/b10-9+. The van der Waals surface area contributed by atoms with Crippen LogP contribution < -0.4 is 5.32 Å². The molecule has 0 unspecified atom stereocenters. The molecule has 0 bridgehead atoms. The van der Waals surface area contributed by atoms with E-state index in [-0.39, 0.29) is 5.56 Å². The molecule has 2 aromatic carbocycles. The van der Waals surface area contributed by atoms with E-state index in [4.69, 9.17) is 0 Å². The Bertz CT molecular complexity index is 1000. The van der Waals surface area contributed by atoms with Gasteiger partial charge in [-0.3, -0.25) is 9.89 Å². The first-order valence-electron chi connectivity index (χ1n) is 8.56. The molecule has 0 saturated heterocycles. The number of aromatic nitrogens is 3. The third-order valence-corrected chi connectivity index (χ3v) is 4.26. The van der Waals surface area contributed by atoms with Gasteiger partial charge in [0.15, 0.2) is 5.82 Å². The highest BCUT2D eigenvalue weighted by Gasteiger charge is 2.27. The van der Waals surface area contributed by atoms with Crippen LogP contribution in [0.2, 0.25) is 0 Å². The van der Waals surface area contributed by atoms with Crippen molar-refractivity contribution in [1.29, 1.82) is 0 Å². The summed E-state index contributed by atoms with van der Waals surface area (Å²) >= 11 is 0. The molecule has 0 spiro atoms. The number of anilines is 1. The zero-order valence-electron chi connectivity index (χ0n) is 14.2. The Morgan fingerprint density at radius 2 is 1.89 bits per heavy atom. The minimum Gasteiger partial charge on any atom is -0.322 e. The summed E-state index contributed by atoms with van der Waals surface area (Å²) in [4.78, 5) is 16.6. The summed E-state index contributed by atoms with van der Waals surface area (Å²) in [5.41, 5.74) is 1.05. The number of hydrogen-bond donors (Lipinski definition) is 2. The predicted molar refractivity (Wildman–Crippen MR) is 97.8 cm³/mol. The molecule has 0 atom stereocenters. The molecule has 7 heteroatoms. The van der Waals surface area contributed by atoms with Gasteiger partial charge in [0.1, 0.15) is 17.5 Å². The van der Waals surface area contributed by atoms with Crippen molar-refractivity contribution in [3.05, 3.63) is 71.6 Å². The highest BCUT2D eigenvalue weighted by atomic mass is 19.1. The summed E-state index contributed by atoms with van der Waals surface area (Å²) < 4.78 is 27.2. The van der Waals surface area contributed by atoms with E-state index in [0.29, 0.717) is 17.4 Å². The Balaban J connectivity index is 1.47. The molecule has 4 rings (SSSR count). The molecular weight excluding hydrogens is 350 g/mol. The van der Waals surface area contributed by atoms with Crippen LogP contribution in [-0.2, 0) is 4.79 Å². The van der Waals surface area contributed by atoms with Crippen LogP contribution in [-0.4, -0.2) is 21.1 Å². The van der Waals surface area contributed by atoms with Crippen LogP contribution in [0.5, 0.6) is 0 Å². The summed E-state index contributed by atoms with van der Waals surface area (Å²) in [5, 5.41) is 9.83. The summed E-state index contributed by atoms with van der Waals surface area (Å²) in [6.07, 6.45) is 4.45. The van der Waals surface area contributed by atoms with E-state index in [9.17, 15) is 13.6 Å². The second-order valence-electron chi connectivity index (χ2n) is 6.36. The minimum atomic E-state index is -0.725. The zero-order chi connectivity index (χ0) is 18.8. The molecular formula is C20H16F2N4O. The van der Waals surface area contributed by atoms with Gasteiger partial charge in [-0.1, -0.05) is 18.2 Å². The first kappa shape index (κ1) is 17.1. The molecule has 1 aromatic heterocycles. The largest absolute Gasteiger partial charge is 0.322 e. The third-order valence-electron chi connectivity index (χ3n) is 4.26. The maximum atomic E-state index is 13.6. The van der Waals surface area contributed by atoms with Crippen molar-refractivity contribution in [2.24, 2.45) is 0 Å². The van der Waals surface area contributed by atoms with Crippen molar-refractivity contribution < 1.29 is 13.6 Å². The lowest BCUT2D eigenvalue weighted by molar-refractivity contribution is -0.111. The van der Waals surface area contributed by atoms with Gasteiger partial charge < -0.3 is 5.32 Å². The number of benzene rings is 2. The van der Waals surface area contributed by atoms with Gasteiger partial charge in [-0.05, 0) is 43.2 Å². The van der Waals surface area contributed by atoms with Crippen molar-refractivity contribution >= 4 is 17.7 Å². The maximum absolute atomic E-state index is 13.6. The molecule has 5 nitrogen and oxygen atoms in total. The van der Waals surface area contributed by atoms with Gasteiger partial charge in [0.05, 0.1) is 0 Å². The monoisotopic (exact) mass is 366 g/mol. The van der Waals surface area contributed by atoms with Crippen molar-refractivity contribution in [2.75, 3.05) is 5.32 Å². The van der Waals surface area contributed by atoms with Crippen LogP contribution in [0.4, 0.5) is 14.5 Å². The second kappa shape index (κ2) is 7.11. The van der Waals surface area contributed by atoms with Crippen molar-refractivity contribution in [2.45, 2.75) is 18.8 Å². The Labute approximate surface area is 154 Å². The van der Waals surface area contributed by atoms with E-state index < -0.39 is 17.5 Å². The van der Waals surface area contributed by atoms with Crippen LogP contribution in [0, 0.1) is 11.6 Å². The molecule has 1 aliphatic rings. The number of carbonyl (C=O) groups is 1. The van der Waals surface area contributed by atoms with E-state index >= 15 is 0 Å². The van der Waals surface area contributed by atoms with Crippen molar-refractivity contribution in [3.8, 4) is 11.4 Å². The van der Waals surface area contributed by atoms with Crippen LogP contribution in [0.3, 0.4) is 0 Å². The van der Waals surface area contributed by atoms with Crippen LogP contribution in [0.15, 0.2) is 48.5 Å². The first-order valence-corrected chi connectivity index (χ1v) is 8.56. The number of H-pyrrole nitrogens is 1. The lowest BCUT2D eigenvalue weighted by Crippen LogP contribution is -2.08. The SMILES string of the molecule is O=C(/C=C/c1c(F)cccc1F)Nc1cccc(-c2n[nH]c(C3CC3)n2)c1. The normalized spacial score (nSPS) is 13.9. The Morgan fingerprint density at radius 3 is 2.63 bits per heavy atom. The summed E-state index contributed by atoms with van der Waals surface area (Å²) in [5.74, 6) is -0.0259. The summed E-state index contributed by atoms with van der Waals surface area (Å²) in [6, 6.07) is 10.6. The minimum absolute atomic E-state index is 0.255. The summed E-state index contributed by atoms with van der Waals surface area (Å²) in [7, 11) is 0. The highest BCUT2D eigenvalue weighted by molar-refractivity contribution is 6.02. The molecule has 136 valence electrons. The fourth-order valence-electron chi connectivity index (χ4n) is 2.69. The van der Waals surface area contributed by atoms with Gasteiger partial charge in [-0.15, -0.1) is 0 Å². The van der Waals surface area contributed by atoms with E-state index in [0.717, 1.165) is 48.5 Å². The van der Waals surface area contributed by atoms with E-state index in [2.05, 4.69) is 20.5 Å². The second-order valence-corrected chi connectivity index (χ2v) is 6.36. The quantitative estimate of drug-likeness (QED) is 0.662. The number of aromatic amines is 1. The first-order chi connectivity index (χ1) is 13.1. The van der Waals surface area contributed by atoms with E-state index in [1.54, 1.807) is 18.2 Å².